The fourth-order valence-corrected chi connectivity index (χ4v) is 2.54. The number of nitrogens with zero attached hydrogens (tertiary/aromatic N) is 3. The van der Waals surface area contributed by atoms with E-state index in [9.17, 15) is 9.90 Å². The second kappa shape index (κ2) is 5.60. The number of phenols is 1. The number of hydrogen-bond acceptors (Lipinski definition) is 6. The highest BCUT2D eigenvalue weighted by Crippen LogP contribution is 2.27. The molecule has 0 aliphatic heterocycles. The molecule has 0 atom stereocenters. The summed E-state index contributed by atoms with van der Waals surface area (Å²) < 4.78 is 6.36. The first-order chi connectivity index (χ1) is 11.0. The Morgan fingerprint density at radius 2 is 2.09 bits per heavy atom. The van der Waals surface area contributed by atoms with Crippen molar-refractivity contribution < 1.29 is 14.6 Å². The van der Waals surface area contributed by atoms with Gasteiger partial charge in [-0.25, -0.2) is 14.3 Å². The largest absolute Gasteiger partial charge is 0.508 e. The number of nitrogens with one attached hydrogen (secondary N) is 1. The number of esters is 1. The predicted molar refractivity (Wildman–Crippen MR) is 85.2 cm³/mol. The molecule has 0 spiro atoms. The monoisotopic (exact) mass is 312 g/mol. The van der Waals surface area contributed by atoms with E-state index in [1.807, 2.05) is 19.9 Å². The van der Waals surface area contributed by atoms with Crippen molar-refractivity contribution in [2.24, 2.45) is 0 Å². The number of benzene rings is 1. The SMILES string of the molecule is COC(=O)c1cn2ncnc(Nc3cc(C)cc(O)c3)c2c1C. The number of aromatic nitrogens is 3. The summed E-state index contributed by atoms with van der Waals surface area (Å²) in [5.41, 5.74) is 3.44. The van der Waals surface area contributed by atoms with Crippen LogP contribution in [-0.2, 0) is 4.74 Å². The van der Waals surface area contributed by atoms with Crippen molar-refractivity contribution in [3.8, 4) is 5.75 Å². The maximum atomic E-state index is 11.8. The third-order valence-electron chi connectivity index (χ3n) is 3.56. The summed E-state index contributed by atoms with van der Waals surface area (Å²) in [6, 6.07) is 5.15. The van der Waals surface area contributed by atoms with Gasteiger partial charge in [-0.2, -0.15) is 5.10 Å². The summed E-state index contributed by atoms with van der Waals surface area (Å²) >= 11 is 0. The lowest BCUT2D eigenvalue weighted by Crippen LogP contribution is -2.01. The van der Waals surface area contributed by atoms with Gasteiger partial charge in [-0.05, 0) is 37.1 Å². The molecule has 1 aromatic carbocycles. The molecular formula is C16H16N4O3. The van der Waals surface area contributed by atoms with Gasteiger partial charge in [-0.3, -0.25) is 0 Å². The number of anilines is 2. The van der Waals surface area contributed by atoms with Crippen molar-refractivity contribution in [3.63, 3.8) is 0 Å². The van der Waals surface area contributed by atoms with E-state index in [2.05, 4.69) is 15.4 Å². The van der Waals surface area contributed by atoms with Crippen LogP contribution in [0.1, 0.15) is 21.5 Å². The number of carbonyl (C=O) groups excluding carboxylic acids is 1. The minimum Gasteiger partial charge on any atom is -0.508 e. The van der Waals surface area contributed by atoms with Gasteiger partial charge in [-0.15, -0.1) is 0 Å². The van der Waals surface area contributed by atoms with Crippen molar-refractivity contribution in [1.29, 1.82) is 0 Å². The molecule has 0 bridgehead atoms. The first kappa shape index (κ1) is 14.8. The van der Waals surface area contributed by atoms with Crippen LogP contribution in [0, 0.1) is 13.8 Å². The number of aryl methyl sites for hydroxylation is 2. The Morgan fingerprint density at radius 3 is 2.78 bits per heavy atom. The van der Waals surface area contributed by atoms with E-state index < -0.39 is 5.97 Å². The lowest BCUT2D eigenvalue weighted by atomic mass is 10.2. The van der Waals surface area contributed by atoms with Crippen LogP contribution < -0.4 is 5.32 Å². The number of ether oxygens (including phenoxy) is 1. The molecule has 0 saturated heterocycles. The van der Waals surface area contributed by atoms with Crippen LogP contribution in [0.25, 0.3) is 5.52 Å². The van der Waals surface area contributed by atoms with Crippen LogP contribution in [0.3, 0.4) is 0 Å². The molecule has 2 aromatic heterocycles. The third-order valence-corrected chi connectivity index (χ3v) is 3.56. The number of carbonyl (C=O) groups is 1. The quantitative estimate of drug-likeness (QED) is 0.723. The van der Waals surface area contributed by atoms with Gasteiger partial charge in [0.25, 0.3) is 0 Å². The Hall–Kier alpha value is -3.09. The summed E-state index contributed by atoms with van der Waals surface area (Å²) in [4.78, 5) is 16.1. The average molecular weight is 312 g/mol. The molecule has 118 valence electrons. The van der Waals surface area contributed by atoms with Crippen molar-refractivity contribution in [1.82, 2.24) is 14.6 Å². The van der Waals surface area contributed by atoms with Crippen molar-refractivity contribution in [2.75, 3.05) is 12.4 Å². The van der Waals surface area contributed by atoms with Crippen LogP contribution in [0.15, 0.2) is 30.7 Å². The summed E-state index contributed by atoms with van der Waals surface area (Å²) in [5.74, 6) is 0.282. The number of hydrogen-bond donors (Lipinski definition) is 2. The van der Waals surface area contributed by atoms with Crippen LogP contribution in [0.4, 0.5) is 11.5 Å². The topological polar surface area (TPSA) is 88.8 Å². The molecule has 0 aliphatic carbocycles. The first-order valence-electron chi connectivity index (χ1n) is 6.98. The normalized spacial score (nSPS) is 10.7. The highest BCUT2D eigenvalue weighted by atomic mass is 16.5. The smallest absolute Gasteiger partial charge is 0.339 e. The molecular weight excluding hydrogens is 296 g/mol. The molecule has 2 N–H and O–H groups in total. The molecule has 0 aliphatic rings. The Morgan fingerprint density at radius 1 is 1.30 bits per heavy atom. The molecule has 0 fully saturated rings. The van der Waals surface area contributed by atoms with Crippen molar-refractivity contribution >= 4 is 23.0 Å². The molecule has 0 amide bonds. The fourth-order valence-electron chi connectivity index (χ4n) is 2.54. The molecule has 7 nitrogen and oxygen atoms in total. The zero-order valence-corrected chi connectivity index (χ0v) is 13.0. The highest BCUT2D eigenvalue weighted by molar-refractivity contribution is 5.95. The Labute approximate surface area is 132 Å². The van der Waals surface area contributed by atoms with Crippen molar-refractivity contribution in [2.45, 2.75) is 13.8 Å². The molecule has 2 heterocycles. The van der Waals surface area contributed by atoms with Gasteiger partial charge in [0, 0.05) is 18.0 Å². The van der Waals surface area contributed by atoms with E-state index in [0.717, 1.165) is 11.1 Å². The van der Waals surface area contributed by atoms with E-state index in [-0.39, 0.29) is 5.75 Å². The van der Waals surface area contributed by atoms with Crippen molar-refractivity contribution in [3.05, 3.63) is 47.4 Å². The van der Waals surface area contributed by atoms with Gasteiger partial charge >= 0.3 is 5.97 Å². The number of methoxy groups -OCH3 is 1. The summed E-state index contributed by atoms with van der Waals surface area (Å²) in [6.45, 7) is 3.70. The van der Waals surface area contributed by atoms with Gasteiger partial charge in [0.2, 0.25) is 0 Å². The lowest BCUT2D eigenvalue weighted by molar-refractivity contribution is 0.0600. The Kier molecular flexibility index (Phi) is 3.61. The number of aromatic hydroxyl groups is 1. The lowest BCUT2D eigenvalue weighted by Gasteiger charge is -2.09. The summed E-state index contributed by atoms with van der Waals surface area (Å²) in [5, 5.41) is 17.0. The van der Waals surface area contributed by atoms with Gasteiger partial charge < -0.3 is 15.2 Å². The van der Waals surface area contributed by atoms with E-state index in [0.29, 0.717) is 22.6 Å². The standard InChI is InChI=1S/C16H16N4O3/c1-9-4-11(6-12(21)5-9)19-15-14-10(2)13(16(22)23-3)7-20(14)18-8-17-15/h4-8,21H,1-3H3,(H,17,18,19). The molecule has 3 rings (SSSR count). The molecule has 3 aromatic rings. The van der Waals surface area contributed by atoms with Gasteiger partial charge in [-0.1, -0.05) is 0 Å². The molecule has 7 heteroatoms. The average Bonchev–Trinajstić information content (AvgIpc) is 2.84. The molecule has 0 unspecified atom stereocenters. The number of rotatable bonds is 3. The Balaban J connectivity index is 2.10. The number of phenolic OH excluding ortho intramolecular Hbond substituents is 1. The maximum absolute atomic E-state index is 11.8. The fraction of sp³-hybridized carbons (Fsp3) is 0.188. The highest BCUT2D eigenvalue weighted by Gasteiger charge is 2.18. The second-order valence-corrected chi connectivity index (χ2v) is 5.24. The maximum Gasteiger partial charge on any atom is 0.339 e. The first-order valence-corrected chi connectivity index (χ1v) is 6.98. The van der Waals surface area contributed by atoms with Gasteiger partial charge in [0.1, 0.15) is 17.6 Å². The number of fused-ring (bicyclic) bond motifs is 1. The second-order valence-electron chi connectivity index (χ2n) is 5.24. The van der Waals surface area contributed by atoms with E-state index in [4.69, 9.17) is 4.74 Å². The minimum atomic E-state index is -0.424. The minimum absolute atomic E-state index is 0.167. The molecule has 23 heavy (non-hydrogen) atoms. The summed E-state index contributed by atoms with van der Waals surface area (Å²) in [6.07, 6.45) is 3.00. The van der Waals surface area contributed by atoms with E-state index in [1.54, 1.807) is 22.8 Å². The van der Waals surface area contributed by atoms with E-state index in [1.165, 1.54) is 13.4 Å². The third kappa shape index (κ3) is 2.68. The van der Waals surface area contributed by atoms with Crippen LogP contribution in [0.2, 0.25) is 0 Å². The van der Waals surface area contributed by atoms with Crippen LogP contribution >= 0.6 is 0 Å². The summed E-state index contributed by atoms with van der Waals surface area (Å²) in [7, 11) is 1.34. The Bertz CT molecular complexity index is 881. The van der Waals surface area contributed by atoms with Crippen LogP contribution in [-0.4, -0.2) is 32.8 Å². The molecule has 0 radical (unpaired) electrons. The van der Waals surface area contributed by atoms with E-state index >= 15 is 0 Å². The zero-order valence-electron chi connectivity index (χ0n) is 13.0. The molecule has 0 saturated carbocycles. The predicted octanol–water partition coefficient (Wildman–Crippen LogP) is 2.58. The zero-order chi connectivity index (χ0) is 16.6. The van der Waals surface area contributed by atoms with Gasteiger partial charge in [0.15, 0.2) is 5.82 Å². The van der Waals surface area contributed by atoms with Gasteiger partial charge in [0.05, 0.1) is 12.7 Å². The van der Waals surface area contributed by atoms with Crippen LogP contribution in [0.5, 0.6) is 5.75 Å².